The molecule has 0 spiro atoms. The number of amides is 1. The van der Waals surface area contributed by atoms with Crippen molar-refractivity contribution in [2.75, 3.05) is 0 Å². The molecule has 21 heavy (non-hydrogen) atoms. The molecule has 1 amide bonds. The van der Waals surface area contributed by atoms with Crippen molar-refractivity contribution in [2.24, 2.45) is 0 Å². The van der Waals surface area contributed by atoms with E-state index in [0.717, 1.165) is 10.0 Å². The van der Waals surface area contributed by atoms with E-state index in [1.165, 1.54) is 6.07 Å². The molecule has 0 saturated heterocycles. The molecule has 1 unspecified atom stereocenters. The van der Waals surface area contributed by atoms with Gasteiger partial charge in [0.1, 0.15) is 5.82 Å². The Morgan fingerprint density at radius 1 is 1.24 bits per heavy atom. The molecule has 2 aromatic carbocycles. The lowest BCUT2D eigenvalue weighted by molar-refractivity contribution is -0.122. The number of carbonyl (C=O) groups excluding carboxylic acids is 1. The monoisotopic (exact) mass is 349 g/mol. The van der Waals surface area contributed by atoms with Gasteiger partial charge in [-0.05, 0) is 30.2 Å². The summed E-state index contributed by atoms with van der Waals surface area (Å²) < 4.78 is 14.4. The summed E-state index contributed by atoms with van der Waals surface area (Å²) in [6.07, 6.45) is 0.705. The zero-order valence-corrected chi connectivity index (χ0v) is 13.4. The van der Waals surface area contributed by atoms with Crippen molar-refractivity contribution in [3.63, 3.8) is 0 Å². The molecule has 0 aromatic heterocycles. The van der Waals surface area contributed by atoms with E-state index in [-0.39, 0.29) is 24.2 Å². The second-order valence-electron chi connectivity index (χ2n) is 4.83. The van der Waals surface area contributed by atoms with Gasteiger partial charge in [0.25, 0.3) is 0 Å². The summed E-state index contributed by atoms with van der Waals surface area (Å²) in [6, 6.07) is 14.3. The maximum Gasteiger partial charge on any atom is 0.227 e. The summed E-state index contributed by atoms with van der Waals surface area (Å²) >= 11 is 3.30. The molecule has 0 fully saturated rings. The first-order valence-electron chi connectivity index (χ1n) is 6.88. The van der Waals surface area contributed by atoms with Crippen LogP contribution in [-0.4, -0.2) is 5.91 Å². The second kappa shape index (κ2) is 7.36. The topological polar surface area (TPSA) is 29.1 Å². The first-order chi connectivity index (χ1) is 10.1. The molecule has 0 aliphatic rings. The van der Waals surface area contributed by atoms with Crippen LogP contribution >= 0.6 is 15.9 Å². The standard InChI is InChI=1S/C17H17BrFNO/c1-2-15(12-6-4-3-5-7-12)17(21)20-11-13-10-14(18)8-9-16(13)19/h3-10,15H,2,11H2,1H3,(H,20,21). The van der Waals surface area contributed by atoms with Crippen LogP contribution in [0.2, 0.25) is 0 Å². The van der Waals surface area contributed by atoms with Gasteiger partial charge in [-0.3, -0.25) is 4.79 Å². The summed E-state index contributed by atoms with van der Waals surface area (Å²) in [5.41, 5.74) is 1.45. The molecule has 2 rings (SSSR count). The van der Waals surface area contributed by atoms with Gasteiger partial charge in [-0.25, -0.2) is 4.39 Å². The maximum atomic E-state index is 13.7. The Morgan fingerprint density at radius 2 is 1.95 bits per heavy atom. The average Bonchev–Trinajstić information content (AvgIpc) is 2.50. The van der Waals surface area contributed by atoms with Crippen LogP contribution in [0, 0.1) is 5.82 Å². The van der Waals surface area contributed by atoms with E-state index in [1.807, 2.05) is 37.3 Å². The SMILES string of the molecule is CCC(C(=O)NCc1cc(Br)ccc1F)c1ccccc1. The number of carbonyl (C=O) groups is 1. The molecule has 2 aromatic rings. The normalized spacial score (nSPS) is 12.0. The van der Waals surface area contributed by atoms with Gasteiger partial charge >= 0.3 is 0 Å². The Kier molecular flexibility index (Phi) is 5.51. The highest BCUT2D eigenvalue weighted by Gasteiger charge is 2.18. The number of rotatable bonds is 5. The van der Waals surface area contributed by atoms with Gasteiger partial charge in [-0.1, -0.05) is 53.2 Å². The largest absolute Gasteiger partial charge is 0.351 e. The molecule has 1 atom stereocenters. The third-order valence-electron chi connectivity index (χ3n) is 3.39. The summed E-state index contributed by atoms with van der Waals surface area (Å²) in [5.74, 6) is -0.601. The van der Waals surface area contributed by atoms with Crippen LogP contribution in [0.1, 0.15) is 30.4 Å². The number of benzene rings is 2. The van der Waals surface area contributed by atoms with Crippen LogP contribution in [0.25, 0.3) is 0 Å². The highest BCUT2D eigenvalue weighted by Crippen LogP contribution is 2.20. The van der Waals surface area contributed by atoms with Crippen molar-refractivity contribution in [2.45, 2.75) is 25.8 Å². The Labute approximate surface area is 132 Å². The van der Waals surface area contributed by atoms with Gasteiger partial charge in [0.15, 0.2) is 0 Å². The van der Waals surface area contributed by atoms with Crippen molar-refractivity contribution in [3.05, 3.63) is 69.9 Å². The molecule has 0 bridgehead atoms. The van der Waals surface area contributed by atoms with Gasteiger partial charge in [0.2, 0.25) is 5.91 Å². The minimum absolute atomic E-state index is 0.0805. The van der Waals surface area contributed by atoms with Gasteiger partial charge in [-0.15, -0.1) is 0 Å². The van der Waals surface area contributed by atoms with Gasteiger partial charge in [0.05, 0.1) is 5.92 Å². The van der Waals surface area contributed by atoms with E-state index in [0.29, 0.717) is 12.0 Å². The summed E-state index contributed by atoms with van der Waals surface area (Å²) in [6.45, 7) is 2.16. The number of hydrogen-bond acceptors (Lipinski definition) is 1. The van der Waals surface area contributed by atoms with Crippen LogP contribution in [0.5, 0.6) is 0 Å². The van der Waals surface area contributed by atoms with Crippen molar-refractivity contribution < 1.29 is 9.18 Å². The van der Waals surface area contributed by atoms with Crippen molar-refractivity contribution in [3.8, 4) is 0 Å². The zero-order chi connectivity index (χ0) is 15.2. The summed E-state index contributed by atoms with van der Waals surface area (Å²) in [4.78, 5) is 12.3. The molecule has 0 heterocycles. The maximum absolute atomic E-state index is 13.7. The molecule has 0 saturated carbocycles. The van der Waals surface area contributed by atoms with E-state index in [4.69, 9.17) is 0 Å². The Balaban J connectivity index is 2.05. The van der Waals surface area contributed by atoms with E-state index in [1.54, 1.807) is 12.1 Å². The summed E-state index contributed by atoms with van der Waals surface area (Å²) in [5, 5.41) is 2.82. The van der Waals surface area contributed by atoms with E-state index in [9.17, 15) is 9.18 Å². The molecule has 2 nitrogen and oxygen atoms in total. The highest BCUT2D eigenvalue weighted by molar-refractivity contribution is 9.10. The van der Waals surface area contributed by atoms with E-state index < -0.39 is 0 Å². The third-order valence-corrected chi connectivity index (χ3v) is 3.88. The quantitative estimate of drug-likeness (QED) is 0.851. The lowest BCUT2D eigenvalue weighted by Gasteiger charge is -2.15. The van der Waals surface area contributed by atoms with Crippen LogP contribution < -0.4 is 5.32 Å². The number of hydrogen-bond donors (Lipinski definition) is 1. The van der Waals surface area contributed by atoms with Crippen LogP contribution in [-0.2, 0) is 11.3 Å². The Morgan fingerprint density at radius 3 is 2.62 bits per heavy atom. The Bertz CT molecular complexity index is 615. The van der Waals surface area contributed by atoms with Gasteiger partial charge in [-0.2, -0.15) is 0 Å². The molecular formula is C17H17BrFNO. The zero-order valence-electron chi connectivity index (χ0n) is 11.8. The lowest BCUT2D eigenvalue weighted by Crippen LogP contribution is -2.29. The second-order valence-corrected chi connectivity index (χ2v) is 5.74. The molecule has 0 aliphatic carbocycles. The summed E-state index contributed by atoms with van der Waals surface area (Å²) in [7, 11) is 0. The van der Waals surface area contributed by atoms with Crippen molar-refractivity contribution >= 4 is 21.8 Å². The molecule has 110 valence electrons. The number of nitrogens with one attached hydrogen (secondary N) is 1. The minimum atomic E-state index is -0.314. The van der Waals surface area contributed by atoms with Gasteiger partial charge in [0, 0.05) is 16.6 Å². The fourth-order valence-corrected chi connectivity index (χ4v) is 2.65. The highest BCUT2D eigenvalue weighted by atomic mass is 79.9. The van der Waals surface area contributed by atoms with Gasteiger partial charge < -0.3 is 5.32 Å². The first-order valence-corrected chi connectivity index (χ1v) is 7.67. The van der Waals surface area contributed by atoms with Crippen molar-refractivity contribution in [1.82, 2.24) is 5.32 Å². The third kappa shape index (κ3) is 4.14. The fraction of sp³-hybridized carbons (Fsp3) is 0.235. The molecular weight excluding hydrogens is 333 g/mol. The van der Waals surface area contributed by atoms with E-state index in [2.05, 4.69) is 21.2 Å². The van der Waals surface area contributed by atoms with E-state index >= 15 is 0 Å². The smallest absolute Gasteiger partial charge is 0.227 e. The average molecular weight is 350 g/mol. The predicted molar refractivity (Wildman–Crippen MR) is 85.4 cm³/mol. The first kappa shape index (κ1) is 15.7. The molecule has 0 aliphatic heterocycles. The van der Waals surface area contributed by atoms with Crippen LogP contribution in [0.4, 0.5) is 4.39 Å². The van der Waals surface area contributed by atoms with Crippen LogP contribution in [0.15, 0.2) is 53.0 Å². The number of halogens is 2. The fourth-order valence-electron chi connectivity index (χ4n) is 2.24. The molecule has 1 N–H and O–H groups in total. The molecule has 0 radical (unpaired) electrons. The lowest BCUT2D eigenvalue weighted by atomic mass is 9.95. The van der Waals surface area contributed by atoms with Crippen LogP contribution in [0.3, 0.4) is 0 Å². The molecule has 4 heteroatoms. The Hall–Kier alpha value is -1.68. The predicted octanol–water partition coefficient (Wildman–Crippen LogP) is 4.40. The minimum Gasteiger partial charge on any atom is -0.351 e. The van der Waals surface area contributed by atoms with Crippen molar-refractivity contribution in [1.29, 1.82) is 0 Å².